The van der Waals surface area contributed by atoms with E-state index in [1.165, 1.54) is 26.3 Å². The lowest BCUT2D eigenvalue weighted by molar-refractivity contribution is 0.102. The van der Waals surface area contributed by atoms with Gasteiger partial charge in [0.25, 0.3) is 5.91 Å². The number of anilines is 2. The van der Waals surface area contributed by atoms with Crippen LogP contribution in [0, 0.1) is 0 Å². The lowest BCUT2D eigenvalue weighted by atomic mass is 10.2. The maximum Gasteiger partial charge on any atom is 0.262 e. The predicted molar refractivity (Wildman–Crippen MR) is 82.2 cm³/mol. The molecular weight excluding hydrogens is 282 g/mol. The summed E-state index contributed by atoms with van der Waals surface area (Å²) >= 11 is 0. The van der Waals surface area contributed by atoms with Crippen molar-refractivity contribution in [1.82, 2.24) is 15.0 Å². The average Bonchev–Trinajstić information content (AvgIpc) is 3.09. The monoisotopic (exact) mass is 299 g/mol. The molecule has 22 heavy (non-hydrogen) atoms. The molecule has 1 N–H and O–H groups in total. The Labute approximate surface area is 128 Å². The highest BCUT2D eigenvalue weighted by atomic mass is 16.5. The molecule has 1 aliphatic rings. The largest absolute Gasteiger partial charge is 0.480 e. The Morgan fingerprint density at radius 2 is 2.09 bits per heavy atom. The van der Waals surface area contributed by atoms with E-state index in [0.29, 0.717) is 11.4 Å². The molecule has 7 heteroatoms. The van der Waals surface area contributed by atoms with Crippen molar-refractivity contribution in [2.75, 3.05) is 30.4 Å². The standard InChI is InChI=1S/C15H17N5O2/c1-22-15-11(5-4-6-16-15)14(21)19-12-9-13(18-10-17-12)20-7-2-3-8-20/h4-6,9-10H,2-3,7-8H2,1H3,(H,17,18,19,21). The van der Waals surface area contributed by atoms with Gasteiger partial charge in [-0.2, -0.15) is 0 Å². The van der Waals surface area contributed by atoms with E-state index >= 15 is 0 Å². The first-order valence-electron chi connectivity index (χ1n) is 7.15. The normalized spacial score (nSPS) is 14.0. The Kier molecular flexibility index (Phi) is 4.13. The fourth-order valence-corrected chi connectivity index (χ4v) is 2.44. The molecule has 7 nitrogen and oxygen atoms in total. The third kappa shape index (κ3) is 2.98. The molecule has 2 aromatic heterocycles. The number of methoxy groups -OCH3 is 1. The van der Waals surface area contributed by atoms with Gasteiger partial charge in [0.05, 0.1) is 7.11 Å². The van der Waals surface area contributed by atoms with E-state index in [0.717, 1.165) is 18.9 Å². The van der Waals surface area contributed by atoms with Gasteiger partial charge in [0, 0.05) is 25.4 Å². The van der Waals surface area contributed by atoms with Crippen molar-refractivity contribution in [2.24, 2.45) is 0 Å². The number of ether oxygens (including phenoxy) is 1. The molecule has 0 spiro atoms. The zero-order chi connectivity index (χ0) is 15.4. The quantitative estimate of drug-likeness (QED) is 0.926. The zero-order valence-corrected chi connectivity index (χ0v) is 12.3. The van der Waals surface area contributed by atoms with E-state index < -0.39 is 0 Å². The smallest absolute Gasteiger partial charge is 0.262 e. The molecule has 0 aromatic carbocycles. The Hall–Kier alpha value is -2.70. The number of pyridine rings is 1. The fourth-order valence-electron chi connectivity index (χ4n) is 2.44. The van der Waals surface area contributed by atoms with Gasteiger partial charge in [0.2, 0.25) is 5.88 Å². The van der Waals surface area contributed by atoms with E-state index in [1.54, 1.807) is 24.4 Å². The SMILES string of the molecule is COc1ncccc1C(=O)Nc1cc(N2CCCC2)ncn1. The van der Waals surface area contributed by atoms with Gasteiger partial charge in [-0.05, 0) is 25.0 Å². The second-order valence-electron chi connectivity index (χ2n) is 4.97. The first-order chi connectivity index (χ1) is 10.8. The lowest BCUT2D eigenvalue weighted by Gasteiger charge is -2.16. The predicted octanol–water partition coefficient (Wildman–Crippen LogP) is 1.73. The first kappa shape index (κ1) is 14.2. The van der Waals surface area contributed by atoms with E-state index in [9.17, 15) is 4.79 Å². The number of amides is 1. The Morgan fingerprint density at radius 1 is 1.27 bits per heavy atom. The van der Waals surface area contributed by atoms with Crippen molar-refractivity contribution in [1.29, 1.82) is 0 Å². The molecule has 0 radical (unpaired) electrons. The van der Waals surface area contributed by atoms with Gasteiger partial charge in [-0.1, -0.05) is 0 Å². The maximum absolute atomic E-state index is 12.3. The minimum absolute atomic E-state index is 0.286. The number of carbonyl (C=O) groups excluding carboxylic acids is 1. The van der Waals surface area contributed by atoms with Crippen molar-refractivity contribution in [3.8, 4) is 5.88 Å². The van der Waals surface area contributed by atoms with Crippen LogP contribution in [0.5, 0.6) is 5.88 Å². The van der Waals surface area contributed by atoms with Crippen LogP contribution in [0.3, 0.4) is 0 Å². The first-order valence-corrected chi connectivity index (χ1v) is 7.15. The molecule has 0 saturated carbocycles. The highest BCUT2D eigenvalue weighted by molar-refractivity contribution is 6.05. The number of hydrogen-bond acceptors (Lipinski definition) is 6. The summed E-state index contributed by atoms with van der Waals surface area (Å²) < 4.78 is 5.10. The van der Waals surface area contributed by atoms with E-state index in [2.05, 4.69) is 25.2 Å². The van der Waals surface area contributed by atoms with Crippen molar-refractivity contribution in [3.63, 3.8) is 0 Å². The summed E-state index contributed by atoms with van der Waals surface area (Å²) in [5.41, 5.74) is 0.367. The summed E-state index contributed by atoms with van der Waals surface area (Å²) in [5, 5.41) is 2.76. The molecule has 0 atom stereocenters. The third-order valence-corrected chi connectivity index (χ3v) is 3.53. The van der Waals surface area contributed by atoms with Gasteiger partial charge in [0.1, 0.15) is 23.5 Å². The molecule has 0 bridgehead atoms. The summed E-state index contributed by atoms with van der Waals surface area (Å²) in [4.78, 5) is 26.9. The van der Waals surface area contributed by atoms with Crippen LogP contribution >= 0.6 is 0 Å². The van der Waals surface area contributed by atoms with Crippen LogP contribution in [-0.2, 0) is 0 Å². The van der Waals surface area contributed by atoms with Gasteiger partial charge in [0.15, 0.2) is 0 Å². The average molecular weight is 299 g/mol. The Morgan fingerprint density at radius 3 is 2.86 bits per heavy atom. The second-order valence-corrected chi connectivity index (χ2v) is 4.97. The fraction of sp³-hybridized carbons (Fsp3) is 0.333. The minimum Gasteiger partial charge on any atom is -0.480 e. The maximum atomic E-state index is 12.3. The lowest BCUT2D eigenvalue weighted by Crippen LogP contribution is -2.20. The summed E-state index contributed by atoms with van der Waals surface area (Å²) in [5.74, 6) is 1.28. The number of aromatic nitrogens is 3. The highest BCUT2D eigenvalue weighted by Gasteiger charge is 2.16. The number of carbonyl (C=O) groups is 1. The second kappa shape index (κ2) is 6.38. The minimum atomic E-state index is -0.309. The molecule has 0 aliphatic carbocycles. The van der Waals surface area contributed by atoms with E-state index in [4.69, 9.17) is 4.74 Å². The molecule has 114 valence electrons. The third-order valence-electron chi connectivity index (χ3n) is 3.53. The van der Waals surface area contributed by atoms with Gasteiger partial charge < -0.3 is 15.0 Å². The number of hydrogen-bond donors (Lipinski definition) is 1. The van der Waals surface area contributed by atoms with Crippen LogP contribution < -0.4 is 15.0 Å². The van der Waals surface area contributed by atoms with Crippen molar-refractivity contribution >= 4 is 17.5 Å². The summed E-state index contributed by atoms with van der Waals surface area (Å²) in [6, 6.07) is 5.13. The van der Waals surface area contributed by atoms with E-state index in [-0.39, 0.29) is 11.8 Å². The van der Waals surface area contributed by atoms with Crippen LogP contribution in [0.25, 0.3) is 0 Å². The van der Waals surface area contributed by atoms with Gasteiger partial charge >= 0.3 is 0 Å². The van der Waals surface area contributed by atoms with Gasteiger partial charge in [-0.3, -0.25) is 4.79 Å². The number of rotatable bonds is 4. The van der Waals surface area contributed by atoms with Crippen molar-refractivity contribution in [2.45, 2.75) is 12.8 Å². The number of nitrogens with zero attached hydrogens (tertiary/aromatic N) is 4. The molecule has 1 saturated heterocycles. The van der Waals surface area contributed by atoms with Crippen LogP contribution in [-0.4, -0.2) is 41.1 Å². The molecule has 1 fully saturated rings. The summed E-state index contributed by atoms with van der Waals surface area (Å²) in [6.07, 6.45) is 5.37. The molecule has 1 amide bonds. The van der Waals surface area contributed by atoms with Crippen molar-refractivity contribution < 1.29 is 9.53 Å². The topological polar surface area (TPSA) is 80.2 Å². The molecular formula is C15H17N5O2. The molecule has 2 aromatic rings. The molecule has 0 unspecified atom stereocenters. The number of nitrogens with one attached hydrogen (secondary N) is 1. The Bertz CT molecular complexity index is 670. The zero-order valence-electron chi connectivity index (χ0n) is 12.3. The summed E-state index contributed by atoms with van der Waals surface area (Å²) in [7, 11) is 1.48. The molecule has 3 rings (SSSR count). The van der Waals surface area contributed by atoms with Crippen LogP contribution in [0.4, 0.5) is 11.6 Å². The molecule has 3 heterocycles. The Balaban J connectivity index is 1.77. The van der Waals surface area contributed by atoms with Crippen LogP contribution in [0.2, 0.25) is 0 Å². The van der Waals surface area contributed by atoms with Crippen molar-refractivity contribution in [3.05, 3.63) is 36.3 Å². The van der Waals surface area contributed by atoms with Gasteiger partial charge in [-0.25, -0.2) is 15.0 Å². The van der Waals surface area contributed by atoms with Gasteiger partial charge in [-0.15, -0.1) is 0 Å². The van der Waals surface area contributed by atoms with Crippen LogP contribution in [0.1, 0.15) is 23.2 Å². The van der Waals surface area contributed by atoms with Crippen LogP contribution in [0.15, 0.2) is 30.7 Å². The highest BCUT2D eigenvalue weighted by Crippen LogP contribution is 2.20. The van der Waals surface area contributed by atoms with E-state index in [1.807, 2.05) is 0 Å². The molecule has 1 aliphatic heterocycles. The summed E-state index contributed by atoms with van der Waals surface area (Å²) in [6.45, 7) is 1.97.